The number of nitrogens with one attached hydrogen (secondary N) is 1. The second kappa shape index (κ2) is 4.91. The van der Waals surface area contributed by atoms with Gasteiger partial charge in [0.15, 0.2) is 0 Å². The lowest BCUT2D eigenvalue weighted by atomic mass is 10.1. The fraction of sp³-hybridized carbons (Fsp3) is 0. The predicted molar refractivity (Wildman–Crippen MR) is 89.5 cm³/mol. The first-order chi connectivity index (χ1) is 10.4. The van der Waals surface area contributed by atoms with Crippen molar-refractivity contribution in [3.05, 3.63) is 78.5 Å². The highest BCUT2D eigenvalue weighted by Gasteiger charge is 2.01. The summed E-state index contributed by atoms with van der Waals surface area (Å²) in [5, 5.41) is 3.59. The van der Waals surface area contributed by atoms with Gasteiger partial charge in [0.1, 0.15) is 0 Å². The highest BCUT2D eigenvalue weighted by Crippen LogP contribution is 2.26. The molecule has 0 unspecified atom stereocenters. The minimum Gasteiger partial charge on any atom is -0.361 e. The lowest BCUT2D eigenvalue weighted by Gasteiger charge is -2.00. The molecule has 21 heavy (non-hydrogen) atoms. The lowest BCUT2D eigenvalue weighted by molar-refractivity contribution is 1.47. The quantitative estimate of drug-likeness (QED) is 0.492. The van der Waals surface area contributed by atoms with Crippen molar-refractivity contribution in [3.63, 3.8) is 0 Å². The Kier molecular flexibility index (Phi) is 2.79. The van der Waals surface area contributed by atoms with Crippen molar-refractivity contribution in [3.8, 4) is 0 Å². The van der Waals surface area contributed by atoms with E-state index in [0.717, 1.165) is 16.8 Å². The van der Waals surface area contributed by atoms with Crippen LogP contribution in [0.15, 0.2) is 77.9 Å². The molecule has 2 nitrogen and oxygen atoms in total. The molecule has 3 aromatic carbocycles. The molecule has 1 N–H and O–H groups in total. The number of rotatable bonds is 2. The van der Waals surface area contributed by atoms with Crippen LogP contribution in [-0.4, -0.2) is 11.2 Å². The number of aliphatic imine (C=N–C) groups is 1. The zero-order valence-electron chi connectivity index (χ0n) is 11.5. The van der Waals surface area contributed by atoms with Crippen LogP contribution in [-0.2, 0) is 0 Å². The molecule has 0 spiro atoms. The van der Waals surface area contributed by atoms with E-state index in [0.29, 0.717) is 0 Å². The van der Waals surface area contributed by atoms with Crippen LogP contribution in [0.3, 0.4) is 0 Å². The molecule has 0 fully saturated rings. The molecule has 0 saturated carbocycles. The van der Waals surface area contributed by atoms with Crippen LogP contribution >= 0.6 is 0 Å². The third-order valence-electron chi connectivity index (χ3n) is 3.73. The molecule has 0 aliphatic carbocycles. The minimum absolute atomic E-state index is 0.999. The van der Waals surface area contributed by atoms with Gasteiger partial charge in [-0.25, -0.2) is 0 Å². The Hall–Kier alpha value is -2.87. The van der Waals surface area contributed by atoms with Crippen LogP contribution in [0.2, 0.25) is 0 Å². The second-order valence-corrected chi connectivity index (χ2v) is 5.05. The smallest absolute Gasteiger partial charge is 0.0708 e. The summed E-state index contributed by atoms with van der Waals surface area (Å²) < 4.78 is 0. The molecule has 2 heteroatoms. The molecule has 100 valence electrons. The van der Waals surface area contributed by atoms with Crippen LogP contribution in [0.4, 0.5) is 5.69 Å². The predicted octanol–water partition coefficient (Wildman–Crippen LogP) is 5.07. The molecular weight excluding hydrogens is 256 g/mol. The lowest BCUT2D eigenvalue weighted by Crippen LogP contribution is -1.78. The summed E-state index contributed by atoms with van der Waals surface area (Å²) in [6, 6.07) is 22.8. The van der Waals surface area contributed by atoms with Crippen molar-refractivity contribution < 1.29 is 0 Å². The monoisotopic (exact) mass is 270 g/mol. The van der Waals surface area contributed by atoms with E-state index >= 15 is 0 Å². The van der Waals surface area contributed by atoms with Gasteiger partial charge in [-0.15, -0.1) is 0 Å². The SMILES string of the molecule is C(=Nc1cccc2ccccc12)c1c[nH]c2ccccc12. The number of nitrogens with zero attached hydrogens (tertiary/aromatic N) is 1. The van der Waals surface area contributed by atoms with E-state index in [-0.39, 0.29) is 0 Å². The molecule has 4 aromatic rings. The van der Waals surface area contributed by atoms with Crippen LogP contribution in [0, 0.1) is 0 Å². The van der Waals surface area contributed by atoms with Gasteiger partial charge in [0.2, 0.25) is 0 Å². The molecule has 1 aromatic heterocycles. The van der Waals surface area contributed by atoms with E-state index < -0.39 is 0 Å². The number of benzene rings is 3. The Labute approximate surface area is 122 Å². The average molecular weight is 270 g/mol. The minimum atomic E-state index is 0.999. The first-order valence-electron chi connectivity index (χ1n) is 7.00. The van der Waals surface area contributed by atoms with Crippen molar-refractivity contribution in [2.75, 3.05) is 0 Å². The van der Waals surface area contributed by atoms with E-state index in [1.54, 1.807) is 0 Å². The van der Waals surface area contributed by atoms with Gasteiger partial charge >= 0.3 is 0 Å². The topological polar surface area (TPSA) is 28.1 Å². The molecule has 0 saturated heterocycles. The number of hydrogen-bond acceptors (Lipinski definition) is 1. The molecular formula is C19H14N2. The Morgan fingerprint density at radius 1 is 0.762 bits per heavy atom. The molecule has 0 aliphatic rings. The van der Waals surface area contributed by atoms with Gasteiger partial charge in [0, 0.05) is 34.3 Å². The Bertz CT molecular complexity index is 943. The first-order valence-corrected chi connectivity index (χ1v) is 7.00. The van der Waals surface area contributed by atoms with Crippen LogP contribution < -0.4 is 0 Å². The molecule has 4 rings (SSSR count). The van der Waals surface area contributed by atoms with Crippen molar-refractivity contribution >= 4 is 33.6 Å². The number of fused-ring (bicyclic) bond motifs is 2. The fourth-order valence-electron chi connectivity index (χ4n) is 2.66. The molecule has 0 aliphatic heterocycles. The van der Waals surface area contributed by atoms with E-state index in [1.807, 2.05) is 42.7 Å². The summed E-state index contributed by atoms with van der Waals surface area (Å²) in [6.07, 6.45) is 3.93. The third-order valence-corrected chi connectivity index (χ3v) is 3.73. The summed E-state index contributed by atoms with van der Waals surface area (Å²) >= 11 is 0. The van der Waals surface area contributed by atoms with Gasteiger partial charge in [-0.2, -0.15) is 0 Å². The largest absolute Gasteiger partial charge is 0.361 e. The van der Waals surface area contributed by atoms with Crippen LogP contribution in [0.25, 0.3) is 21.7 Å². The van der Waals surface area contributed by atoms with Crippen LogP contribution in [0.1, 0.15) is 5.56 Å². The summed E-state index contributed by atoms with van der Waals surface area (Å²) in [6.45, 7) is 0. The second-order valence-electron chi connectivity index (χ2n) is 5.05. The summed E-state index contributed by atoms with van der Waals surface area (Å²) in [7, 11) is 0. The van der Waals surface area contributed by atoms with E-state index in [1.165, 1.54) is 16.2 Å². The van der Waals surface area contributed by atoms with Gasteiger partial charge in [0.25, 0.3) is 0 Å². The molecule has 0 radical (unpaired) electrons. The normalized spacial score (nSPS) is 11.6. The van der Waals surface area contributed by atoms with Gasteiger partial charge in [-0.05, 0) is 17.5 Å². The molecule has 0 amide bonds. The van der Waals surface area contributed by atoms with Crippen LogP contribution in [0.5, 0.6) is 0 Å². The average Bonchev–Trinajstić information content (AvgIpc) is 2.96. The zero-order valence-corrected chi connectivity index (χ0v) is 11.5. The highest BCUT2D eigenvalue weighted by atomic mass is 14.7. The number of aromatic amines is 1. The maximum absolute atomic E-state index is 4.68. The summed E-state index contributed by atoms with van der Waals surface area (Å²) in [4.78, 5) is 7.95. The third kappa shape index (κ3) is 2.11. The zero-order chi connectivity index (χ0) is 14.1. The van der Waals surface area contributed by atoms with Gasteiger partial charge in [-0.1, -0.05) is 54.6 Å². The van der Waals surface area contributed by atoms with E-state index in [2.05, 4.69) is 46.4 Å². The Morgan fingerprint density at radius 2 is 1.52 bits per heavy atom. The highest BCUT2D eigenvalue weighted by molar-refractivity contribution is 6.01. The van der Waals surface area contributed by atoms with Crippen molar-refractivity contribution in [2.24, 2.45) is 4.99 Å². The maximum Gasteiger partial charge on any atom is 0.0708 e. The van der Waals surface area contributed by atoms with E-state index in [9.17, 15) is 0 Å². The molecule has 0 atom stereocenters. The van der Waals surface area contributed by atoms with Gasteiger partial charge in [-0.3, -0.25) is 4.99 Å². The Balaban J connectivity index is 1.81. The number of hydrogen-bond donors (Lipinski definition) is 1. The first kappa shape index (κ1) is 11.9. The summed E-state index contributed by atoms with van der Waals surface area (Å²) in [5.41, 5.74) is 3.24. The number of aromatic nitrogens is 1. The Morgan fingerprint density at radius 3 is 2.48 bits per heavy atom. The van der Waals surface area contributed by atoms with Crippen molar-refractivity contribution in [1.29, 1.82) is 0 Å². The molecule has 0 bridgehead atoms. The van der Waals surface area contributed by atoms with Crippen molar-refractivity contribution in [1.82, 2.24) is 4.98 Å². The number of para-hydroxylation sites is 1. The fourth-order valence-corrected chi connectivity index (χ4v) is 2.66. The van der Waals surface area contributed by atoms with Gasteiger partial charge in [0.05, 0.1) is 5.69 Å². The van der Waals surface area contributed by atoms with Gasteiger partial charge < -0.3 is 4.98 Å². The van der Waals surface area contributed by atoms with E-state index in [4.69, 9.17) is 0 Å². The number of H-pyrrole nitrogens is 1. The summed E-state index contributed by atoms with van der Waals surface area (Å²) in [5.74, 6) is 0. The maximum atomic E-state index is 4.68. The molecule has 1 heterocycles. The van der Waals surface area contributed by atoms with Crippen molar-refractivity contribution in [2.45, 2.75) is 0 Å². The standard InChI is InChI=1S/C19H14N2/c1-2-8-16-14(6-1)7-5-11-19(16)21-13-15-12-20-18-10-4-3-9-17(15)18/h1-13,20H.